The van der Waals surface area contributed by atoms with Crippen molar-refractivity contribution in [2.45, 2.75) is 26.0 Å². The van der Waals surface area contributed by atoms with E-state index < -0.39 is 6.10 Å². The molecule has 1 fully saturated rings. The molecular weight excluding hydrogens is 350 g/mol. The van der Waals surface area contributed by atoms with E-state index in [9.17, 15) is 5.11 Å². The Morgan fingerprint density at radius 2 is 1.75 bits per heavy atom. The Hall–Kier alpha value is -2.39. The number of aliphatic hydroxyl groups is 1. The van der Waals surface area contributed by atoms with Gasteiger partial charge in [-0.2, -0.15) is 5.26 Å². The zero-order valence-electron chi connectivity index (χ0n) is 16.6. The van der Waals surface area contributed by atoms with E-state index in [0.29, 0.717) is 18.7 Å². The van der Waals surface area contributed by atoms with E-state index in [0.717, 1.165) is 50.5 Å². The molecule has 0 bridgehead atoms. The predicted octanol–water partition coefficient (Wildman–Crippen LogP) is 2.81. The maximum Gasteiger partial charge on any atom is 0.122 e. The zero-order chi connectivity index (χ0) is 19.8. The SMILES string of the molecule is Cc1ccccc1OCC(O)CN1CCCN(Cc2ccc(C#N)cc2)CC1. The van der Waals surface area contributed by atoms with Crippen molar-refractivity contribution in [1.82, 2.24) is 9.80 Å². The number of nitrogens with zero attached hydrogens (tertiary/aromatic N) is 3. The highest BCUT2D eigenvalue weighted by atomic mass is 16.5. The Morgan fingerprint density at radius 1 is 1.04 bits per heavy atom. The minimum atomic E-state index is -0.496. The van der Waals surface area contributed by atoms with Crippen LogP contribution in [0.25, 0.3) is 0 Å². The third-order valence-electron chi connectivity index (χ3n) is 5.16. The van der Waals surface area contributed by atoms with Crippen molar-refractivity contribution < 1.29 is 9.84 Å². The van der Waals surface area contributed by atoms with Crippen molar-refractivity contribution in [3.8, 4) is 11.8 Å². The number of aliphatic hydroxyl groups excluding tert-OH is 1. The summed E-state index contributed by atoms with van der Waals surface area (Å²) in [6.07, 6.45) is 0.589. The van der Waals surface area contributed by atoms with Crippen LogP contribution in [0.1, 0.15) is 23.1 Å². The molecule has 1 aliphatic rings. The van der Waals surface area contributed by atoms with Gasteiger partial charge in [-0.1, -0.05) is 30.3 Å². The molecule has 1 saturated heterocycles. The predicted molar refractivity (Wildman–Crippen MR) is 110 cm³/mol. The standard InChI is InChI=1S/C23H29N3O2/c1-19-5-2-3-6-23(19)28-18-22(27)17-26-12-4-11-25(13-14-26)16-21-9-7-20(15-24)8-10-21/h2-3,5-10,22,27H,4,11-14,16-18H2,1H3. The van der Waals surface area contributed by atoms with Crippen LogP contribution in [0.15, 0.2) is 48.5 Å². The Labute approximate surface area is 167 Å². The Kier molecular flexibility index (Phi) is 7.44. The molecule has 148 valence electrons. The van der Waals surface area contributed by atoms with Gasteiger partial charge in [0.25, 0.3) is 0 Å². The van der Waals surface area contributed by atoms with Crippen LogP contribution < -0.4 is 4.74 Å². The number of para-hydroxylation sites is 1. The number of rotatable bonds is 7. The normalized spacial score (nSPS) is 16.9. The zero-order valence-corrected chi connectivity index (χ0v) is 16.6. The van der Waals surface area contributed by atoms with Crippen LogP contribution in [-0.4, -0.2) is 60.3 Å². The van der Waals surface area contributed by atoms with Crippen molar-refractivity contribution in [1.29, 1.82) is 5.26 Å². The van der Waals surface area contributed by atoms with Gasteiger partial charge in [-0.25, -0.2) is 0 Å². The van der Waals surface area contributed by atoms with E-state index in [1.807, 2.05) is 55.5 Å². The Bertz CT molecular complexity index is 785. The van der Waals surface area contributed by atoms with Crippen molar-refractivity contribution in [3.05, 3.63) is 65.2 Å². The molecule has 1 N–H and O–H groups in total. The van der Waals surface area contributed by atoms with E-state index in [4.69, 9.17) is 10.00 Å². The first-order valence-electron chi connectivity index (χ1n) is 9.94. The van der Waals surface area contributed by atoms with Crippen molar-refractivity contribution >= 4 is 0 Å². The quantitative estimate of drug-likeness (QED) is 0.802. The summed E-state index contributed by atoms with van der Waals surface area (Å²) in [5.41, 5.74) is 3.02. The molecule has 28 heavy (non-hydrogen) atoms. The summed E-state index contributed by atoms with van der Waals surface area (Å²) in [7, 11) is 0. The number of β-amino-alcohol motifs (C(OH)–C–C–N with tert-alkyl or cyclic N) is 1. The largest absolute Gasteiger partial charge is 0.491 e. The fourth-order valence-corrected chi connectivity index (χ4v) is 3.56. The number of hydrogen-bond donors (Lipinski definition) is 1. The average molecular weight is 380 g/mol. The third kappa shape index (κ3) is 6.07. The van der Waals surface area contributed by atoms with Gasteiger partial charge in [-0.3, -0.25) is 9.80 Å². The van der Waals surface area contributed by atoms with Gasteiger partial charge in [0.2, 0.25) is 0 Å². The van der Waals surface area contributed by atoms with Gasteiger partial charge < -0.3 is 9.84 Å². The van der Waals surface area contributed by atoms with Crippen molar-refractivity contribution in [3.63, 3.8) is 0 Å². The highest BCUT2D eigenvalue weighted by molar-refractivity contribution is 5.32. The molecule has 0 aromatic heterocycles. The van der Waals surface area contributed by atoms with Crippen LogP contribution in [0.4, 0.5) is 0 Å². The van der Waals surface area contributed by atoms with Crippen LogP contribution in [0.2, 0.25) is 0 Å². The van der Waals surface area contributed by atoms with Crippen LogP contribution in [0, 0.1) is 18.3 Å². The second-order valence-electron chi connectivity index (χ2n) is 7.47. The fraction of sp³-hybridized carbons (Fsp3) is 0.435. The Balaban J connectivity index is 1.43. The van der Waals surface area contributed by atoms with Gasteiger partial charge >= 0.3 is 0 Å². The molecule has 5 nitrogen and oxygen atoms in total. The Morgan fingerprint density at radius 3 is 2.50 bits per heavy atom. The van der Waals surface area contributed by atoms with E-state index in [1.165, 1.54) is 5.56 Å². The maximum atomic E-state index is 10.4. The van der Waals surface area contributed by atoms with E-state index >= 15 is 0 Å². The molecule has 5 heteroatoms. The van der Waals surface area contributed by atoms with Crippen LogP contribution in [0.5, 0.6) is 5.75 Å². The average Bonchev–Trinajstić information content (AvgIpc) is 2.93. The van der Waals surface area contributed by atoms with Gasteiger partial charge in [0.05, 0.1) is 11.6 Å². The minimum Gasteiger partial charge on any atom is -0.491 e. The summed E-state index contributed by atoms with van der Waals surface area (Å²) in [6, 6.07) is 17.9. The molecule has 2 aromatic carbocycles. The molecule has 0 spiro atoms. The molecule has 0 radical (unpaired) electrons. The lowest BCUT2D eigenvalue weighted by Crippen LogP contribution is -2.38. The lowest BCUT2D eigenvalue weighted by atomic mass is 10.1. The minimum absolute atomic E-state index is 0.316. The van der Waals surface area contributed by atoms with E-state index in [1.54, 1.807) is 0 Å². The lowest BCUT2D eigenvalue weighted by molar-refractivity contribution is 0.0690. The smallest absolute Gasteiger partial charge is 0.122 e. The molecule has 3 rings (SSSR count). The number of benzene rings is 2. The second kappa shape index (κ2) is 10.2. The summed E-state index contributed by atoms with van der Waals surface area (Å²) < 4.78 is 5.78. The maximum absolute atomic E-state index is 10.4. The molecule has 1 unspecified atom stereocenters. The molecule has 1 heterocycles. The van der Waals surface area contributed by atoms with Gasteiger partial charge in [-0.05, 0) is 55.8 Å². The summed E-state index contributed by atoms with van der Waals surface area (Å²) in [6.45, 7) is 7.82. The molecule has 0 aliphatic carbocycles. The highest BCUT2D eigenvalue weighted by Crippen LogP contribution is 2.16. The number of hydrogen-bond acceptors (Lipinski definition) is 5. The first kappa shape index (κ1) is 20.3. The van der Waals surface area contributed by atoms with Crippen molar-refractivity contribution in [2.75, 3.05) is 39.3 Å². The van der Waals surface area contributed by atoms with E-state index in [-0.39, 0.29) is 0 Å². The summed E-state index contributed by atoms with van der Waals surface area (Å²) in [5, 5.41) is 19.3. The van der Waals surface area contributed by atoms with Gasteiger partial charge in [0, 0.05) is 26.2 Å². The van der Waals surface area contributed by atoms with E-state index in [2.05, 4.69) is 15.9 Å². The van der Waals surface area contributed by atoms with Crippen molar-refractivity contribution in [2.24, 2.45) is 0 Å². The first-order valence-corrected chi connectivity index (χ1v) is 9.94. The highest BCUT2D eigenvalue weighted by Gasteiger charge is 2.18. The molecular formula is C23H29N3O2. The van der Waals surface area contributed by atoms with Crippen LogP contribution >= 0.6 is 0 Å². The summed E-state index contributed by atoms with van der Waals surface area (Å²) in [5.74, 6) is 0.839. The monoisotopic (exact) mass is 379 g/mol. The first-order chi connectivity index (χ1) is 13.6. The third-order valence-corrected chi connectivity index (χ3v) is 5.16. The second-order valence-corrected chi connectivity index (χ2v) is 7.47. The summed E-state index contributed by atoms with van der Waals surface area (Å²) in [4.78, 5) is 4.77. The van der Waals surface area contributed by atoms with Gasteiger partial charge in [-0.15, -0.1) is 0 Å². The molecule has 2 aromatic rings. The number of aryl methyl sites for hydroxylation is 1. The molecule has 1 atom stereocenters. The molecule has 0 amide bonds. The van der Waals surface area contributed by atoms with Gasteiger partial charge in [0.1, 0.15) is 18.5 Å². The topological polar surface area (TPSA) is 59.7 Å². The van der Waals surface area contributed by atoms with Crippen LogP contribution in [-0.2, 0) is 6.54 Å². The van der Waals surface area contributed by atoms with Crippen LogP contribution in [0.3, 0.4) is 0 Å². The summed E-state index contributed by atoms with van der Waals surface area (Å²) >= 11 is 0. The fourth-order valence-electron chi connectivity index (χ4n) is 3.56. The number of ether oxygens (including phenoxy) is 1. The molecule has 0 saturated carbocycles. The van der Waals surface area contributed by atoms with Gasteiger partial charge in [0.15, 0.2) is 0 Å². The molecule has 1 aliphatic heterocycles. The lowest BCUT2D eigenvalue weighted by Gasteiger charge is -2.24. The number of nitriles is 1.